The van der Waals surface area contributed by atoms with Gasteiger partial charge in [0.2, 0.25) is 0 Å². The lowest BCUT2D eigenvalue weighted by Gasteiger charge is -2.13. The number of aliphatic hydroxyl groups excluding tert-OH is 1. The molecule has 3 aromatic rings. The average molecular weight is 368 g/mol. The number of benzene rings is 1. The van der Waals surface area contributed by atoms with E-state index >= 15 is 0 Å². The van der Waals surface area contributed by atoms with E-state index in [1.165, 1.54) is 10.2 Å². The minimum Gasteiger partial charge on any atom is -0.392 e. The zero-order valence-electron chi connectivity index (χ0n) is 14.5. The number of aromatic nitrogens is 2. The Bertz CT molecular complexity index is 1070. The molecule has 1 aliphatic rings. The van der Waals surface area contributed by atoms with Crippen LogP contribution in [0.2, 0.25) is 0 Å². The fraction of sp³-hybridized carbons (Fsp3) is 0.250. The molecule has 1 aliphatic carbocycles. The highest BCUT2D eigenvalue weighted by atomic mass is 32.2. The van der Waals surface area contributed by atoms with Gasteiger partial charge in [-0.1, -0.05) is 24.3 Å². The van der Waals surface area contributed by atoms with Crippen molar-refractivity contribution < 1.29 is 13.5 Å². The van der Waals surface area contributed by atoms with Crippen LogP contribution in [0.1, 0.15) is 28.8 Å². The summed E-state index contributed by atoms with van der Waals surface area (Å²) in [4.78, 5) is 4.28. The molecular formula is C20H20N2O3S. The normalized spacial score (nSPS) is 13.8. The second kappa shape index (κ2) is 6.37. The molecule has 4 rings (SSSR count). The van der Waals surface area contributed by atoms with Gasteiger partial charge in [-0.2, -0.15) is 0 Å². The summed E-state index contributed by atoms with van der Waals surface area (Å²) in [6.45, 7) is 1.64. The first-order valence-corrected chi connectivity index (χ1v) is 10.1. The van der Waals surface area contributed by atoms with E-state index in [-0.39, 0.29) is 11.5 Å². The maximum Gasteiger partial charge on any atom is 0.269 e. The van der Waals surface area contributed by atoms with Gasteiger partial charge < -0.3 is 5.11 Å². The van der Waals surface area contributed by atoms with Crippen molar-refractivity contribution in [1.29, 1.82) is 0 Å². The molecule has 1 aromatic carbocycles. The molecule has 0 saturated carbocycles. The number of fused-ring (bicyclic) bond motifs is 3. The third-order valence-corrected chi connectivity index (χ3v) is 6.57. The molecule has 6 heteroatoms. The highest BCUT2D eigenvalue weighted by Crippen LogP contribution is 2.37. The molecule has 0 saturated heterocycles. The smallest absolute Gasteiger partial charge is 0.269 e. The summed E-state index contributed by atoms with van der Waals surface area (Å²) >= 11 is 0. The zero-order chi connectivity index (χ0) is 18.3. The first-order valence-electron chi connectivity index (χ1n) is 8.63. The monoisotopic (exact) mass is 368 g/mol. The van der Waals surface area contributed by atoms with Crippen LogP contribution < -0.4 is 0 Å². The van der Waals surface area contributed by atoms with Gasteiger partial charge in [-0.3, -0.25) is 4.98 Å². The Balaban J connectivity index is 2.00. The molecule has 134 valence electrons. The third-order valence-electron chi connectivity index (χ3n) is 4.92. The Hall–Kier alpha value is -2.44. The SMILES string of the molecule is Cc1ccc(S(=O)(=O)n2cc(CO)c3c2-c2ccccc2CCC3)cn1. The summed E-state index contributed by atoms with van der Waals surface area (Å²) in [6, 6.07) is 11.2. The van der Waals surface area contributed by atoms with Crippen LogP contribution in [0.3, 0.4) is 0 Å². The number of rotatable bonds is 3. The molecule has 0 atom stereocenters. The molecule has 0 unspecified atom stereocenters. The molecule has 0 fully saturated rings. The van der Waals surface area contributed by atoms with Crippen LogP contribution in [-0.2, 0) is 29.5 Å². The molecule has 5 nitrogen and oxygen atoms in total. The summed E-state index contributed by atoms with van der Waals surface area (Å²) < 4.78 is 27.9. The van der Waals surface area contributed by atoms with Crippen molar-refractivity contribution >= 4 is 10.0 Å². The highest BCUT2D eigenvalue weighted by Gasteiger charge is 2.28. The summed E-state index contributed by atoms with van der Waals surface area (Å²) in [6.07, 6.45) is 5.50. The number of pyridine rings is 1. The van der Waals surface area contributed by atoms with Gasteiger partial charge in [0, 0.05) is 29.2 Å². The lowest BCUT2D eigenvalue weighted by Crippen LogP contribution is -2.14. The van der Waals surface area contributed by atoms with E-state index in [2.05, 4.69) is 4.98 Å². The van der Waals surface area contributed by atoms with Crippen molar-refractivity contribution in [2.75, 3.05) is 0 Å². The maximum atomic E-state index is 13.3. The maximum absolute atomic E-state index is 13.3. The van der Waals surface area contributed by atoms with Crippen LogP contribution in [0.25, 0.3) is 11.3 Å². The minimum atomic E-state index is -3.80. The minimum absolute atomic E-state index is 0.145. The van der Waals surface area contributed by atoms with Gasteiger partial charge in [-0.15, -0.1) is 0 Å². The molecule has 0 spiro atoms. The van der Waals surface area contributed by atoms with E-state index in [4.69, 9.17) is 0 Å². The Morgan fingerprint density at radius 1 is 1.15 bits per heavy atom. The van der Waals surface area contributed by atoms with Crippen LogP contribution in [0.5, 0.6) is 0 Å². The van der Waals surface area contributed by atoms with Gasteiger partial charge in [0.15, 0.2) is 0 Å². The number of aryl methyl sites for hydroxylation is 2. The van der Waals surface area contributed by atoms with E-state index in [1.54, 1.807) is 18.3 Å². The largest absolute Gasteiger partial charge is 0.392 e. The summed E-state index contributed by atoms with van der Waals surface area (Å²) in [5.74, 6) is 0. The standard InChI is InChI=1S/C20H20N2O3S/c1-14-9-10-17(11-21-14)26(24,25)22-12-16(13-23)19-8-4-6-15-5-2-3-7-18(15)20(19)22/h2-3,5,7,9-12,23H,4,6,8,13H2,1H3. The van der Waals surface area contributed by atoms with E-state index in [9.17, 15) is 13.5 Å². The molecule has 0 bridgehead atoms. The van der Waals surface area contributed by atoms with Crippen molar-refractivity contribution in [3.8, 4) is 11.3 Å². The summed E-state index contributed by atoms with van der Waals surface area (Å²) in [7, 11) is -3.80. The van der Waals surface area contributed by atoms with E-state index in [0.29, 0.717) is 11.3 Å². The van der Waals surface area contributed by atoms with E-state index < -0.39 is 10.0 Å². The van der Waals surface area contributed by atoms with Crippen LogP contribution in [0, 0.1) is 6.92 Å². The van der Waals surface area contributed by atoms with Crippen molar-refractivity contribution in [2.45, 2.75) is 37.7 Å². The Kier molecular flexibility index (Phi) is 4.17. The van der Waals surface area contributed by atoms with Crippen molar-refractivity contribution in [1.82, 2.24) is 8.96 Å². The van der Waals surface area contributed by atoms with E-state index in [0.717, 1.165) is 41.6 Å². The highest BCUT2D eigenvalue weighted by molar-refractivity contribution is 7.90. The van der Waals surface area contributed by atoms with Gasteiger partial charge in [-0.25, -0.2) is 12.4 Å². The van der Waals surface area contributed by atoms with Crippen LogP contribution in [0.4, 0.5) is 0 Å². The third kappa shape index (κ3) is 2.66. The predicted molar refractivity (Wildman–Crippen MR) is 99.4 cm³/mol. The Labute approximate surface area is 153 Å². The second-order valence-electron chi connectivity index (χ2n) is 6.59. The molecule has 0 aliphatic heterocycles. The topological polar surface area (TPSA) is 72.2 Å². The first kappa shape index (κ1) is 17.0. The fourth-order valence-corrected chi connectivity index (χ4v) is 4.97. The second-order valence-corrected chi connectivity index (χ2v) is 8.40. The lowest BCUT2D eigenvalue weighted by atomic mass is 10.0. The number of nitrogens with zero attached hydrogens (tertiary/aromatic N) is 2. The van der Waals surface area contributed by atoms with Gasteiger partial charge in [0.25, 0.3) is 10.0 Å². The van der Waals surface area contributed by atoms with Crippen LogP contribution >= 0.6 is 0 Å². The molecule has 2 heterocycles. The van der Waals surface area contributed by atoms with Gasteiger partial charge in [-0.05, 0) is 49.4 Å². The summed E-state index contributed by atoms with van der Waals surface area (Å²) in [5, 5.41) is 9.80. The Morgan fingerprint density at radius 3 is 2.69 bits per heavy atom. The quantitative estimate of drug-likeness (QED) is 0.771. The fourth-order valence-electron chi connectivity index (χ4n) is 3.60. The Morgan fingerprint density at radius 2 is 1.96 bits per heavy atom. The number of hydrogen-bond donors (Lipinski definition) is 1. The zero-order valence-corrected chi connectivity index (χ0v) is 15.3. The predicted octanol–water partition coefficient (Wildman–Crippen LogP) is 3.08. The number of hydrogen-bond acceptors (Lipinski definition) is 4. The van der Waals surface area contributed by atoms with Gasteiger partial charge >= 0.3 is 0 Å². The van der Waals surface area contributed by atoms with Gasteiger partial charge in [0.05, 0.1) is 12.3 Å². The lowest BCUT2D eigenvalue weighted by molar-refractivity contribution is 0.281. The summed E-state index contributed by atoms with van der Waals surface area (Å²) in [5.41, 5.74) is 5.07. The van der Waals surface area contributed by atoms with Gasteiger partial charge in [0.1, 0.15) is 4.90 Å². The molecule has 0 radical (unpaired) electrons. The molecule has 26 heavy (non-hydrogen) atoms. The van der Waals surface area contributed by atoms with Crippen molar-refractivity contribution in [3.63, 3.8) is 0 Å². The van der Waals surface area contributed by atoms with E-state index in [1.807, 2.05) is 31.2 Å². The molecular weight excluding hydrogens is 348 g/mol. The number of aliphatic hydroxyl groups is 1. The van der Waals surface area contributed by atoms with Crippen molar-refractivity contribution in [3.05, 3.63) is 71.2 Å². The first-order chi connectivity index (χ1) is 12.5. The molecule has 0 amide bonds. The average Bonchev–Trinajstić information content (AvgIpc) is 2.91. The van der Waals surface area contributed by atoms with Crippen LogP contribution in [0.15, 0.2) is 53.7 Å². The molecule has 1 N–H and O–H groups in total. The van der Waals surface area contributed by atoms with Crippen molar-refractivity contribution in [2.24, 2.45) is 0 Å². The molecule has 2 aromatic heterocycles. The van der Waals surface area contributed by atoms with Crippen LogP contribution in [-0.4, -0.2) is 22.5 Å².